The number of phenols is 1. The molecule has 1 fully saturated rings. The van der Waals surface area contributed by atoms with Gasteiger partial charge in [-0.3, -0.25) is 0 Å². The van der Waals surface area contributed by atoms with Gasteiger partial charge in [-0.25, -0.2) is 4.68 Å². The molecule has 4 heteroatoms. The molecule has 2 heterocycles. The average molecular weight is 243 g/mol. The Bertz CT molecular complexity index is 512. The summed E-state index contributed by atoms with van der Waals surface area (Å²) < 4.78 is 1.86. The minimum atomic E-state index is 0.281. The maximum Gasteiger partial charge on any atom is 0.115 e. The quantitative estimate of drug-likeness (QED) is 0.863. The van der Waals surface area contributed by atoms with E-state index in [1.54, 1.807) is 12.1 Å². The molecule has 0 aliphatic carbocycles. The van der Waals surface area contributed by atoms with Crippen molar-refractivity contribution in [2.45, 2.75) is 12.8 Å². The van der Waals surface area contributed by atoms with E-state index in [2.05, 4.69) is 16.6 Å². The highest BCUT2D eigenvalue weighted by atomic mass is 16.3. The molecule has 4 nitrogen and oxygen atoms in total. The van der Waals surface area contributed by atoms with E-state index < -0.39 is 0 Å². The van der Waals surface area contributed by atoms with Crippen LogP contribution in [0.4, 0.5) is 0 Å². The lowest BCUT2D eigenvalue weighted by Gasteiger charge is -2.05. The second-order valence-electron chi connectivity index (χ2n) is 4.87. The van der Waals surface area contributed by atoms with Gasteiger partial charge in [0.15, 0.2) is 0 Å². The summed E-state index contributed by atoms with van der Waals surface area (Å²) in [5, 5.41) is 17.0. The lowest BCUT2D eigenvalue weighted by molar-refractivity contribution is 0.475. The van der Waals surface area contributed by atoms with Crippen LogP contribution in [0.2, 0.25) is 0 Å². The first-order chi connectivity index (χ1) is 8.81. The predicted molar refractivity (Wildman–Crippen MR) is 69.9 cm³/mol. The molecule has 0 radical (unpaired) electrons. The van der Waals surface area contributed by atoms with E-state index in [1.807, 2.05) is 23.0 Å². The van der Waals surface area contributed by atoms with Gasteiger partial charge >= 0.3 is 0 Å². The Morgan fingerprint density at radius 3 is 2.89 bits per heavy atom. The highest BCUT2D eigenvalue weighted by Gasteiger charge is 2.15. The molecular weight excluding hydrogens is 226 g/mol. The third-order valence-corrected chi connectivity index (χ3v) is 3.44. The highest BCUT2D eigenvalue weighted by Crippen LogP contribution is 2.17. The summed E-state index contributed by atoms with van der Waals surface area (Å²) in [5.74, 6) is 1.02. The Kier molecular flexibility index (Phi) is 3.02. The molecule has 1 unspecified atom stereocenters. The number of benzene rings is 1. The first-order valence-electron chi connectivity index (χ1n) is 6.35. The van der Waals surface area contributed by atoms with Crippen LogP contribution in [0.5, 0.6) is 5.75 Å². The van der Waals surface area contributed by atoms with Crippen LogP contribution in [0.3, 0.4) is 0 Å². The van der Waals surface area contributed by atoms with Gasteiger partial charge in [-0.15, -0.1) is 0 Å². The van der Waals surface area contributed by atoms with Crippen LogP contribution < -0.4 is 5.32 Å². The van der Waals surface area contributed by atoms with Gasteiger partial charge in [-0.2, -0.15) is 5.10 Å². The molecule has 3 rings (SSSR count). The SMILES string of the molecule is Oc1ccc(-n2cc(CC3CCNC3)cn2)cc1. The van der Waals surface area contributed by atoms with Crippen molar-refractivity contribution >= 4 is 0 Å². The largest absolute Gasteiger partial charge is 0.508 e. The summed E-state index contributed by atoms with van der Waals surface area (Å²) in [5.41, 5.74) is 2.25. The van der Waals surface area contributed by atoms with Crippen molar-refractivity contribution in [2.75, 3.05) is 13.1 Å². The number of phenolic OH excluding ortho intramolecular Hbond substituents is 1. The summed E-state index contributed by atoms with van der Waals surface area (Å²) in [4.78, 5) is 0. The minimum Gasteiger partial charge on any atom is -0.508 e. The summed E-state index contributed by atoms with van der Waals surface area (Å²) in [7, 11) is 0. The van der Waals surface area contributed by atoms with E-state index in [9.17, 15) is 5.11 Å². The Labute approximate surface area is 106 Å². The number of aromatic hydroxyl groups is 1. The fraction of sp³-hybridized carbons (Fsp3) is 0.357. The Morgan fingerprint density at radius 1 is 1.33 bits per heavy atom. The molecule has 0 amide bonds. The molecule has 1 aromatic carbocycles. The average Bonchev–Trinajstić information content (AvgIpc) is 3.02. The van der Waals surface area contributed by atoms with Gasteiger partial charge in [0, 0.05) is 6.20 Å². The summed E-state index contributed by atoms with van der Waals surface area (Å²) in [6, 6.07) is 7.08. The molecule has 0 saturated carbocycles. The molecule has 2 aromatic rings. The number of hydrogen-bond acceptors (Lipinski definition) is 3. The fourth-order valence-electron chi connectivity index (χ4n) is 2.43. The van der Waals surface area contributed by atoms with E-state index in [0.717, 1.165) is 31.1 Å². The van der Waals surface area contributed by atoms with Gasteiger partial charge in [0.25, 0.3) is 0 Å². The van der Waals surface area contributed by atoms with Crippen LogP contribution in [0.15, 0.2) is 36.7 Å². The second kappa shape index (κ2) is 4.82. The smallest absolute Gasteiger partial charge is 0.115 e. The van der Waals surface area contributed by atoms with E-state index in [4.69, 9.17) is 0 Å². The standard InChI is InChI=1S/C14H17N3O/c18-14-3-1-13(2-4-14)17-10-12(9-16-17)7-11-5-6-15-8-11/h1-4,9-11,15,18H,5-8H2. The Balaban J connectivity index is 1.74. The number of aromatic nitrogens is 2. The van der Waals surface area contributed by atoms with Crippen molar-refractivity contribution in [1.82, 2.24) is 15.1 Å². The zero-order chi connectivity index (χ0) is 12.4. The Morgan fingerprint density at radius 2 is 2.17 bits per heavy atom. The van der Waals surface area contributed by atoms with E-state index >= 15 is 0 Å². The van der Waals surface area contributed by atoms with E-state index in [1.165, 1.54) is 12.0 Å². The van der Waals surface area contributed by atoms with Crippen molar-refractivity contribution in [2.24, 2.45) is 5.92 Å². The van der Waals surface area contributed by atoms with Crippen LogP contribution in [0, 0.1) is 5.92 Å². The van der Waals surface area contributed by atoms with Crippen LogP contribution in [-0.2, 0) is 6.42 Å². The molecule has 18 heavy (non-hydrogen) atoms. The molecule has 2 N–H and O–H groups in total. The van der Waals surface area contributed by atoms with Gasteiger partial charge in [0.2, 0.25) is 0 Å². The highest BCUT2D eigenvalue weighted by molar-refractivity contribution is 5.36. The molecule has 1 aliphatic rings. The maximum absolute atomic E-state index is 9.26. The molecular formula is C14H17N3O. The van der Waals surface area contributed by atoms with E-state index in [-0.39, 0.29) is 5.75 Å². The van der Waals surface area contributed by atoms with Gasteiger partial charge in [-0.05, 0) is 61.7 Å². The van der Waals surface area contributed by atoms with Gasteiger partial charge < -0.3 is 10.4 Å². The summed E-state index contributed by atoms with van der Waals surface area (Å²) >= 11 is 0. The summed E-state index contributed by atoms with van der Waals surface area (Å²) in [6.45, 7) is 2.25. The number of hydrogen-bond donors (Lipinski definition) is 2. The van der Waals surface area contributed by atoms with Crippen LogP contribution in [0.1, 0.15) is 12.0 Å². The van der Waals surface area contributed by atoms with Gasteiger partial charge in [0.1, 0.15) is 5.75 Å². The molecule has 1 aromatic heterocycles. The second-order valence-corrected chi connectivity index (χ2v) is 4.87. The zero-order valence-electron chi connectivity index (χ0n) is 10.2. The van der Waals surface area contributed by atoms with Crippen molar-refractivity contribution in [3.8, 4) is 11.4 Å². The third-order valence-electron chi connectivity index (χ3n) is 3.44. The molecule has 0 bridgehead atoms. The number of nitrogens with one attached hydrogen (secondary N) is 1. The maximum atomic E-state index is 9.26. The normalized spacial score (nSPS) is 19.2. The first-order valence-corrected chi connectivity index (χ1v) is 6.35. The third kappa shape index (κ3) is 2.38. The number of rotatable bonds is 3. The lowest BCUT2D eigenvalue weighted by Crippen LogP contribution is -2.10. The molecule has 0 spiro atoms. The van der Waals surface area contributed by atoms with Crippen LogP contribution >= 0.6 is 0 Å². The summed E-state index contributed by atoms with van der Waals surface area (Å²) in [6.07, 6.45) is 6.35. The van der Waals surface area contributed by atoms with Crippen molar-refractivity contribution in [3.63, 3.8) is 0 Å². The van der Waals surface area contributed by atoms with Gasteiger partial charge in [0.05, 0.1) is 11.9 Å². The van der Waals surface area contributed by atoms with Gasteiger partial charge in [-0.1, -0.05) is 0 Å². The predicted octanol–water partition coefficient (Wildman–Crippen LogP) is 1.73. The fourth-order valence-corrected chi connectivity index (χ4v) is 2.43. The lowest BCUT2D eigenvalue weighted by atomic mass is 10.0. The Hall–Kier alpha value is -1.81. The topological polar surface area (TPSA) is 50.1 Å². The molecule has 1 aliphatic heterocycles. The monoisotopic (exact) mass is 243 g/mol. The van der Waals surface area contributed by atoms with Crippen molar-refractivity contribution in [1.29, 1.82) is 0 Å². The van der Waals surface area contributed by atoms with Crippen molar-refractivity contribution in [3.05, 3.63) is 42.2 Å². The zero-order valence-corrected chi connectivity index (χ0v) is 10.2. The molecule has 94 valence electrons. The van der Waals surface area contributed by atoms with Crippen LogP contribution in [-0.4, -0.2) is 28.0 Å². The molecule has 1 saturated heterocycles. The number of nitrogens with zero attached hydrogens (tertiary/aromatic N) is 2. The van der Waals surface area contributed by atoms with Crippen LogP contribution in [0.25, 0.3) is 5.69 Å². The van der Waals surface area contributed by atoms with Crippen molar-refractivity contribution < 1.29 is 5.11 Å². The van der Waals surface area contributed by atoms with E-state index in [0.29, 0.717) is 0 Å². The first kappa shape index (κ1) is 11.3. The minimum absolute atomic E-state index is 0.281. The molecule has 1 atom stereocenters.